The lowest BCUT2D eigenvalue weighted by atomic mass is 9.89. The standard InChI is InChI=1S/C20H21ClN2O3S/c1-23-10-8-14(9-11-23)19-13-22-20-7-4-16(12-18(19)20)26-27(24,25)17-5-2-15(21)3-6-17/h2-7,12-14,22H,8-11H2,1H3. The molecule has 3 aromatic rings. The normalized spacial score (nSPS) is 16.7. The number of H-pyrrole nitrogens is 1. The highest BCUT2D eigenvalue weighted by molar-refractivity contribution is 7.87. The number of nitrogens with zero attached hydrogens (tertiary/aromatic N) is 1. The summed E-state index contributed by atoms with van der Waals surface area (Å²) in [5.74, 6) is 0.782. The van der Waals surface area contributed by atoms with Crippen molar-refractivity contribution in [3.63, 3.8) is 0 Å². The van der Waals surface area contributed by atoms with E-state index in [4.69, 9.17) is 15.8 Å². The van der Waals surface area contributed by atoms with E-state index in [1.807, 2.05) is 18.3 Å². The molecule has 0 bridgehead atoms. The lowest BCUT2D eigenvalue weighted by Crippen LogP contribution is -2.29. The number of fused-ring (bicyclic) bond motifs is 1. The Morgan fingerprint density at radius 2 is 1.81 bits per heavy atom. The highest BCUT2D eigenvalue weighted by Gasteiger charge is 2.22. The van der Waals surface area contributed by atoms with E-state index >= 15 is 0 Å². The van der Waals surface area contributed by atoms with Gasteiger partial charge in [0.1, 0.15) is 10.6 Å². The number of hydrogen-bond acceptors (Lipinski definition) is 4. The highest BCUT2D eigenvalue weighted by Crippen LogP contribution is 2.35. The first-order valence-electron chi connectivity index (χ1n) is 8.92. The van der Waals surface area contributed by atoms with Crippen LogP contribution in [0.1, 0.15) is 24.3 Å². The molecule has 1 saturated heterocycles. The lowest BCUT2D eigenvalue weighted by Gasteiger charge is -2.28. The third-order valence-corrected chi connectivity index (χ3v) is 6.67. The molecule has 5 nitrogen and oxygen atoms in total. The largest absolute Gasteiger partial charge is 0.379 e. The van der Waals surface area contributed by atoms with E-state index in [2.05, 4.69) is 16.9 Å². The van der Waals surface area contributed by atoms with Gasteiger partial charge in [-0.15, -0.1) is 0 Å². The maximum Gasteiger partial charge on any atom is 0.339 e. The zero-order valence-corrected chi connectivity index (χ0v) is 16.6. The molecule has 0 aliphatic carbocycles. The average molecular weight is 405 g/mol. The summed E-state index contributed by atoms with van der Waals surface area (Å²) in [6, 6.07) is 11.3. The summed E-state index contributed by atoms with van der Waals surface area (Å²) in [4.78, 5) is 5.70. The van der Waals surface area contributed by atoms with Gasteiger partial charge in [0.05, 0.1) is 0 Å². The highest BCUT2D eigenvalue weighted by atomic mass is 35.5. The second-order valence-electron chi connectivity index (χ2n) is 7.02. The summed E-state index contributed by atoms with van der Waals surface area (Å²) in [5, 5.41) is 1.50. The predicted octanol–water partition coefficient (Wildman–Crippen LogP) is 4.40. The van der Waals surface area contributed by atoms with Gasteiger partial charge < -0.3 is 14.1 Å². The lowest BCUT2D eigenvalue weighted by molar-refractivity contribution is 0.256. The van der Waals surface area contributed by atoms with Crippen molar-refractivity contribution in [1.29, 1.82) is 0 Å². The van der Waals surface area contributed by atoms with Crippen LogP contribution in [0, 0.1) is 0 Å². The van der Waals surface area contributed by atoms with Crippen LogP contribution < -0.4 is 4.18 Å². The minimum atomic E-state index is -3.90. The molecule has 0 spiro atoms. The molecule has 1 aromatic heterocycles. The first kappa shape index (κ1) is 18.3. The molecule has 1 aliphatic rings. The number of aromatic amines is 1. The van der Waals surface area contributed by atoms with Crippen molar-refractivity contribution in [3.8, 4) is 5.75 Å². The number of hydrogen-bond donors (Lipinski definition) is 1. The Balaban J connectivity index is 1.63. The number of likely N-dealkylation sites (tertiary alicyclic amines) is 1. The van der Waals surface area contributed by atoms with Crippen LogP contribution in [0.25, 0.3) is 10.9 Å². The van der Waals surface area contributed by atoms with Crippen LogP contribution in [-0.2, 0) is 10.1 Å². The van der Waals surface area contributed by atoms with Crippen LogP contribution in [0.15, 0.2) is 53.6 Å². The monoisotopic (exact) mass is 404 g/mol. The molecule has 0 radical (unpaired) electrons. The second-order valence-corrected chi connectivity index (χ2v) is 9.00. The van der Waals surface area contributed by atoms with Gasteiger partial charge in [-0.3, -0.25) is 0 Å². The van der Waals surface area contributed by atoms with E-state index in [0.29, 0.717) is 16.7 Å². The number of benzene rings is 2. The fourth-order valence-electron chi connectivity index (χ4n) is 3.61. The van der Waals surface area contributed by atoms with Crippen LogP contribution in [-0.4, -0.2) is 38.4 Å². The van der Waals surface area contributed by atoms with Crippen molar-refractivity contribution < 1.29 is 12.6 Å². The molecular formula is C20H21ClN2O3S. The summed E-state index contributed by atoms with van der Waals surface area (Å²) in [5.41, 5.74) is 2.22. The van der Waals surface area contributed by atoms with E-state index in [0.717, 1.165) is 36.8 Å². The van der Waals surface area contributed by atoms with E-state index in [1.165, 1.54) is 29.8 Å². The van der Waals surface area contributed by atoms with Crippen molar-refractivity contribution >= 4 is 32.6 Å². The molecule has 0 unspecified atom stereocenters. The predicted molar refractivity (Wildman–Crippen MR) is 107 cm³/mol. The number of rotatable bonds is 4. The van der Waals surface area contributed by atoms with Crippen LogP contribution in [0.3, 0.4) is 0 Å². The van der Waals surface area contributed by atoms with Crippen LogP contribution in [0.4, 0.5) is 0 Å². The van der Waals surface area contributed by atoms with Gasteiger partial charge in [0, 0.05) is 22.1 Å². The Morgan fingerprint density at radius 1 is 1.11 bits per heavy atom. The molecule has 2 heterocycles. The fourth-order valence-corrected chi connectivity index (χ4v) is 4.66. The Hall–Kier alpha value is -2.02. The second kappa shape index (κ2) is 7.19. The minimum absolute atomic E-state index is 0.0802. The summed E-state index contributed by atoms with van der Waals surface area (Å²) in [6.07, 6.45) is 4.23. The van der Waals surface area contributed by atoms with Gasteiger partial charge in [-0.2, -0.15) is 8.42 Å². The molecule has 4 rings (SSSR count). The Kier molecular flexibility index (Phi) is 4.88. The first-order valence-corrected chi connectivity index (χ1v) is 10.7. The Labute approximate surface area is 164 Å². The molecule has 7 heteroatoms. The van der Waals surface area contributed by atoms with Gasteiger partial charge in [0.15, 0.2) is 0 Å². The van der Waals surface area contributed by atoms with E-state index in [1.54, 1.807) is 6.07 Å². The topological polar surface area (TPSA) is 62.4 Å². The molecule has 2 aromatic carbocycles. The SMILES string of the molecule is CN1CCC(c2c[nH]c3ccc(OS(=O)(=O)c4ccc(Cl)cc4)cc23)CC1. The van der Waals surface area contributed by atoms with Crippen LogP contribution in [0.2, 0.25) is 5.02 Å². The number of piperidine rings is 1. The van der Waals surface area contributed by atoms with Crippen molar-refractivity contribution in [1.82, 2.24) is 9.88 Å². The third kappa shape index (κ3) is 3.83. The first-order chi connectivity index (χ1) is 12.9. The molecular weight excluding hydrogens is 384 g/mol. The van der Waals surface area contributed by atoms with Gasteiger partial charge in [-0.05, 0) is 86.9 Å². The maximum absolute atomic E-state index is 12.5. The van der Waals surface area contributed by atoms with Crippen LogP contribution >= 0.6 is 11.6 Å². The van der Waals surface area contributed by atoms with Crippen molar-refractivity contribution in [2.45, 2.75) is 23.7 Å². The van der Waals surface area contributed by atoms with Crippen LogP contribution in [0.5, 0.6) is 5.75 Å². The van der Waals surface area contributed by atoms with Gasteiger partial charge in [-0.25, -0.2) is 0 Å². The van der Waals surface area contributed by atoms with Gasteiger partial charge in [-0.1, -0.05) is 11.6 Å². The summed E-state index contributed by atoms with van der Waals surface area (Å²) in [6.45, 7) is 2.14. The van der Waals surface area contributed by atoms with Gasteiger partial charge in [0.2, 0.25) is 0 Å². The summed E-state index contributed by atoms with van der Waals surface area (Å²) >= 11 is 5.83. The van der Waals surface area contributed by atoms with Gasteiger partial charge in [0.25, 0.3) is 0 Å². The Morgan fingerprint density at radius 3 is 2.52 bits per heavy atom. The van der Waals surface area contributed by atoms with E-state index < -0.39 is 10.1 Å². The number of nitrogens with one attached hydrogen (secondary N) is 1. The molecule has 1 N–H and O–H groups in total. The molecule has 142 valence electrons. The minimum Gasteiger partial charge on any atom is -0.379 e. The maximum atomic E-state index is 12.5. The third-order valence-electron chi connectivity index (χ3n) is 5.15. The van der Waals surface area contributed by atoms with Crippen molar-refractivity contribution in [2.75, 3.05) is 20.1 Å². The molecule has 0 amide bonds. The number of aromatic nitrogens is 1. The summed E-state index contributed by atoms with van der Waals surface area (Å²) in [7, 11) is -1.76. The van der Waals surface area contributed by atoms with Gasteiger partial charge >= 0.3 is 10.1 Å². The average Bonchev–Trinajstić information content (AvgIpc) is 3.06. The Bertz CT molecular complexity index is 1050. The summed E-state index contributed by atoms with van der Waals surface area (Å²) < 4.78 is 30.4. The van der Waals surface area contributed by atoms with E-state index in [-0.39, 0.29) is 4.90 Å². The molecule has 27 heavy (non-hydrogen) atoms. The van der Waals surface area contributed by atoms with Crippen molar-refractivity contribution in [3.05, 3.63) is 59.2 Å². The molecule has 0 saturated carbocycles. The number of halogens is 1. The zero-order chi connectivity index (χ0) is 19.0. The zero-order valence-electron chi connectivity index (χ0n) is 15.0. The quantitative estimate of drug-likeness (QED) is 0.655. The smallest absolute Gasteiger partial charge is 0.339 e. The van der Waals surface area contributed by atoms with E-state index in [9.17, 15) is 8.42 Å². The molecule has 1 fully saturated rings. The fraction of sp³-hybridized carbons (Fsp3) is 0.300. The molecule has 0 atom stereocenters. The molecule has 1 aliphatic heterocycles. The van der Waals surface area contributed by atoms with Crippen molar-refractivity contribution in [2.24, 2.45) is 0 Å².